The van der Waals surface area contributed by atoms with E-state index in [9.17, 15) is 0 Å². The number of piperidine rings is 1. The molecule has 1 aliphatic rings. The summed E-state index contributed by atoms with van der Waals surface area (Å²) in [5.74, 6) is 1.77. The van der Waals surface area contributed by atoms with Gasteiger partial charge in [-0.3, -0.25) is 0 Å². The standard InChI is InChI=1S/C19H23ClN4S/c1-14-3-2-10-24(13-14)18-9-8-17(12-21-18)23-19(25)22-11-15-4-6-16(20)7-5-15/h4-9,12,14H,2-3,10-11,13H2,1H3,(H2,22,23,25)/t14-/m0/s1. The van der Waals surface area contributed by atoms with Gasteiger partial charge in [0, 0.05) is 24.7 Å². The molecule has 1 atom stereocenters. The quantitative estimate of drug-likeness (QED) is 0.773. The van der Waals surface area contributed by atoms with Gasteiger partial charge in [0.2, 0.25) is 0 Å². The van der Waals surface area contributed by atoms with Crippen LogP contribution in [0.25, 0.3) is 0 Å². The van der Waals surface area contributed by atoms with E-state index < -0.39 is 0 Å². The van der Waals surface area contributed by atoms with E-state index in [4.69, 9.17) is 23.8 Å². The van der Waals surface area contributed by atoms with Crippen LogP contribution >= 0.6 is 23.8 Å². The number of hydrogen-bond donors (Lipinski definition) is 2. The molecule has 0 aliphatic carbocycles. The molecule has 2 heterocycles. The van der Waals surface area contributed by atoms with Crippen molar-refractivity contribution in [3.8, 4) is 0 Å². The number of benzene rings is 1. The molecule has 4 nitrogen and oxygen atoms in total. The minimum atomic E-state index is 0.580. The first-order valence-corrected chi connectivity index (χ1v) is 9.39. The van der Waals surface area contributed by atoms with Crippen molar-refractivity contribution in [3.05, 3.63) is 53.2 Å². The molecule has 0 bridgehead atoms. The molecule has 0 radical (unpaired) electrons. The molecule has 132 valence electrons. The highest BCUT2D eigenvalue weighted by Crippen LogP contribution is 2.22. The predicted molar refractivity (Wildman–Crippen MR) is 109 cm³/mol. The molecule has 1 fully saturated rings. The lowest BCUT2D eigenvalue weighted by Crippen LogP contribution is -2.34. The lowest BCUT2D eigenvalue weighted by Gasteiger charge is -2.31. The number of hydrogen-bond acceptors (Lipinski definition) is 3. The summed E-state index contributed by atoms with van der Waals surface area (Å²) >= 11 is 11.2. The van der Waals surface area contributed by atoms with Crippen molar-refractivity contribution in [3.63, 3.8) is 0 Å². The van der Waals surface area contributed by atoms with Gasteiger partial charge in [-0.25, -0.2) is 4.98 Å². The molecule has 3 rings (SSSR count). The van der Waals surface area contributed by atoms with Crippen LogP contribution in [0.15, 0.2) is 42.6 Å². The number of thiocarbonyl (C=S) groups is 1. The third-order valence-electron chi connectivity index (χ3n) is 4.35. The lowest BCUT2D eigenvalue weighted by atomic mass is 10.0. The summed E-state index contributed by atoms with van der Waals surface area (Å²) in [7, 11) is 0. The zero-order valence-corrected chi connectivity index (χ0v) is 15.9. The molecular formula is C19H23ClN4S. The molecule has 2 N–H and O–H groups in total. The second-order valence-electron chi connectivity index (χ2n) is 6.53. The highest BCUT2D eigenvalue weighted by Gasteiger charge is 2.17. The predicted octanol–water partition coefficient (Wildman–Crippen LogP) is 4.46. The number of nitrogens with zero attached hydrogens (tertiary/aromatic N) is 2. The summed E-state index contributed by atoms with van der Waals surface area (Å²) in [5.41, 5.74) is 2.02. The smallest absolute Gasteiger partial charge is 0.171 e. The van der Waals surface area contributed by atoms with Crippen molar-refractivity contribution in [1.29, 1.82) is 0 Å². The molecule has 2 aromatic rings. The van der Waals surface area contributed by atoms with Crippen LogP contribution in [0.4, 0.5) is 11.5 Å². The maximum atomic E-state index is 5.89. The van der Waals surface area contributed by atoms with Gasteiger partial charge in [0.25, 0.3) is 0 Å². The van der Waals surface area contributed by atoms with Crippen molar-refractivity contribution in [1.82, 2.24) is 10.3 Å². The summed E-state index contributed by atoms with van der Waals surface area (Å²) in [5, 5.41) is 7.68. The summed E-state index contributed by atoms with van der Waals surface area (Å²) < 4.78 is 0. The fraction of sp³-hybridized carbons (Fsp3) is 0.368. The number of anilines is 2. The van der Waals surface area contributed by atoms with Crippen LogP contribution in [0.2, 0.25) is 5.02 Å². The Kier molecular flexibility index (Phi) is 6.10. The van der Waals surface area contributed by atoms with E-state index in [-0.39, 0.29) is 0 Å². The van der Waals surface area contributed by atoms with Crippen LogP contribution in [0.3, 0.4) is 0 Å². The van der Waals surface area contributed by atoms with E-state index >= 15 is 0 Å². The monoisotopic (exact) mass is 374 g/mol. The van der Waals surface area contributed by atoms with Crippen LogP contribution in [-0.4, -0.2) is 23.2 Å². The van der Waals surface area contributed by atoms with Crippen LogP contribution in [-0.2, 0) is 6.54 Å². The summed E-state index contributed by atoms with van der Waals surface area (Å²) in [6.07, 6.45) is 4.39. The number of aromatic nitrogens is 1. The Morgan fingerprint density at radius 1 is 1.28 bits per heavy atom. The molecule has 0 spiro atoms. The number of nitrogens with one attached hydrogen (secondary N) is 2. The fourth-order valence-electron chi connectivity index (χ4n) is 3.00. The van der Waals surface area contributed by atoms with E-state index in [0.717, 1.165) is 41.1 Å². The summed E-state index contributed by atoms with van der Waals surface area (Å²) in [4.78, 5) is 6.94. The van der Waals surface area contributed by atoms with Crippen molar-refractivity contribution in [2.45, 2.75) is 26.3 Å². The Balaban J connectivity index is 1.50. The van der Waals surface area contributed by atoms with E-state index in [2.05, 4.69) is 33.5 Å². The van der Waals surface area contributed by atoms with Gasteiger partial charge in [0.15, 0.2) is 5.11 Å². The van der Waals surface area contributed by atoms with Gasteiger partial charge in [-0.15, -0.1) is 0 Å². The maximum Gasteiger partial charge on any atom is 0.171 e. The minimum absolute atomic E-state index is 0.580. The van der Waals surface area contributed by atoms with Gasteiger partial charge in [-0.1, -0.05) is 30.7 Å². The molecular weight excluding hydrogens is 352 g/mol. The SMILES string of the molecule is C[C@H]1CCCN(c2ccc(NC(=S)NCc3ccc(Cl)cc3)cn2)C1. The Labute approximate surface area is 159 Å². The second kappa shape index (κ2) is 8.50. The van der Waals surface area contributed by atoms with Crippen LogP contribution in [0.5, 0.6) is 0 Å². The van der Waals surface area contributed by atoms with Crippen molar-refractivity contribution in [2.24, 2.45) is 5.92 Å². The molecule has 1 aromatic carbocycles. The molecule has 1 aliphatic heterocycles. The largest absolute Gasteiger partial charge is 0.358 e. The third-order valence-corrected chi connectivity index (χ3v) is 4.85. The van der Waals surface area contributed by atoms with Crippen molar-refractivity contribution >= 4 is 40.4 Å². The highest BCUT2D eigenvalue weighted by molar-refractivity contribution is 7.80. The molecule has 0 saturated carbocycles. The molecule has 0 amide bonds. The Hall–Kier alpha value is -1.85. The average molecular weight is 375 g/mol. The van der Waals surface area contributed by atoms with Gasteiger partial charge in [0.05, 0.1) is 11.9 Å². The van der Waals surface area contributed by atoms with Crippen molar-refractivity contribution in [2.75, 3.05) is 23.3 Å². The second-order valence-corrected chi connectivity index (χ2v) is 7.38. The third kappa shape index (κ3) is 5.31. The fourth-order valence-corrected chi connectivity index (χ4v) is 3.32. The van der Waals surface area contributed by atoms with E-state index in [0.29, 0.717) is 11.7 Å². The summed E-state index contributed by atoms with van der Waals surface area (Å²) in [6, 6.07) is 11.8. The van der Waals surface area contributed by atoms with Crippen molar-refractivity contribution < 1.29 is 0 Å². The first-order valence-electron chi connectivity index (χ1n) is 8.60. The van der Waals surface area contributed by atoms with E-state index in [1.165, 1.54) is 12.8 Å². The lowest BCUT2D eigenvalue weighted by molar-refractivity contribution is 0.444. The van der Waals surface area contributed by atoms with Gasteiger partial charge in [0.1, 0.15) is 5.82 Å². The molecule has 1 saturated heterocycles. The van der Waals surface area contributed by atoms with Gasteiger partial charge < -0.3 is 15.5 Å². The van der Waals surface area contributed by atoms with Gasteiger partial charge in [-0.2, -0.15) is 0 Å². The molecule has 0 unspecified atom stereocenters. The number of rotatable bonds is 4. The average Bonchev–Trinajstić information content (AvgIpc) is 2.62. The first kappa shape index (κ1) is 18.0. The van der Waals surface area contributed by atoms with Crippen LogP contribution < -0.4 is 15.5 Å². The highest BCUT2D eigenvalue weighted by atomic mass is 35.5. The normalized spacial score (nSPS) is 17.2. The Bertz CT molecular complexity index is 702. The Morgan fingerprint density at radius 2 is 2.08 bits per heavy atom. The zero-order chi connectivity index (χ0) is 17.6. The Morgan fingerprint density at radius 3 is 2.76 bits per heavy atom. The zero-order valence-electron chi connectivity index (χ0n) is 14.3. The summed E-state index contributed by atoms with van der Waals surface area (Å²) in [6.45, 7) is 5.12. The van der Waals surface area contributed by atoms with E-state index in [1.807, 2.05) is 36.5 Å². The molecule has 6 heteroatoms. The van der Waals surface area contributed by atoms with Crippen LogP contribution in [0.1, 0.15) is 25.3 Å². The minimum Gasteiger partial charge on any atom is -0.358 e. The topological polar surface area (TPSA) is 40.2 Å². The van der Waals surface area contributed by atoms with E-state index in [1.54, 1.807) is 0 Å². The maximum absolute atomic E-state index is 5.89. The van der Waals surface area contributed by atoms with Gasteiger partial charge in [-0.05, 0) is 60.8 Å². The molecule has 25 heavy (non-hydrogen) atoms. The van der Waals surface area contributed by atoms with Crippen LogP contribution in [0, 0.1) is 5.92 Å². The van der Waals surface area contributed by atoms with Gasteiger partial charge >= 0.3 is 0 Å². The molecule has 1 aromatic heterocycles. The number of pyridine rings is 1. The number of halogens is 1. The first-order chi connectivity index (χ1) is 12.1.